The second-order valence-electron chi connectivity index (χ2n) is 8.20. The van der Waals surface area contributed by atoms with Crippen molar-refractivity contribution in [2.24, 2.45) is 0 Å². The zero-order valence-electron chi connectivity index (χ0n) is 20.9. The number of aromatic amines is 1. The molecule has 0 saturated carbocycles. The molecule has 0 aliphatic heterocycles. The van der Waals surface area contributed by atoms with E-state index in [9.17, 15) is 27.7 Å². The second-order valence-corrected chi connectivity index (χ2v) is 9.62. The van der Waals surface area contributed by atoms with Crippen LogP contribution >= 0.6 is 0 Å². The standard InChI is InChI=1S/C18H13FN6O4.C7H8O3S/c1-29-15-8-10(19)14(25(27)28)9-12(15)21-17-20-7-6-16(23-17)24-13-5-3-2-4-11(13)22-18(24)26;1-6-2-4-7(5-3-6)11(8,9)10/h2-9H,1H3,(H,22,26)(H,20,21,23);2-5H,1H3,(H,8,9,10). The molecule has 2 heterocycles. The number of nitrogens with one attached hydrogen (secondary N) is 2. The highest BCUT2D eigenvalue weighted by Crippen LogP contribution is 2.33. The number of aromatic nitrogens is 4. The summed E-state index contributed by atoms with van der Waals surface area (Å²) in [6.07, 6.45) is 1.42. The first kappa shape index (κ1) is 27.9. The Morgan fingerprint density at radius 1 is 1.12 bits per heavy atom. The summed E-state index contributed by atoms with van der Waals surface area (Å²) in [6.45, 7) is 1.84. The third kappa shape index (κ3) is 6.11. The van der Waals surface area contributed by atoms with E-state index >= 15 is 0 Å². The summed E-state index contributed by atoms with van der Waals surface area (Å²) in [5.74, 6) is -0.678. The Kier molecular flexibility index (Phi) is 7.88. The lowest BCUT2D eigenvalue weighted by atomic mass is 10.2. The summed E-state index contributed by atoms with van der Waals surface area (Å²) in [7, 11) is -2.72. The van der Waals surface area contributed by atoms with Gasteiger partial charge in [0.05, 0.1) is 33.6 Å². The summed E-state index contributed by atoms with van der Waals surface area (Å²) in [5.41, 5.74) is 1.21. The fraction of sp³-hybridized carbons (Fsp3) is 0.0800. The number of nitro benzene ring substituents is 1. The SMILES string of the molecule is COc1cc(F)c([N+](=O)[O-])cc1Nc1nccc(-n2c(=O)[nH]c3ccccc32)n1.Cc1ccc(S(=O)(=O)O)cc1. The number of ether oxygens (including phenoxy) is 1. The van der Waals surface area contributed by atoms with Crippen molar-refractivity contribution in [3.05, 3.63) is 105 Å². The zero-order valence-corrected chi connectivity index (χ0v) is 21.7. The monoisotopic (exact) mass is 568 g/mol. The highest BCUT2D eigenvalue weighted by atomic mass is 32.2. The maximum Gasteiger partial charge on any atom is 0.332 e. The lowest BCUT2D eigenvalue weighted by molar-refractivity contribution is -0.387. The number of para-hydroxylation sites is 2. The van der Waals surface area contributed by atoms with Gasteiger partial charge in [-0.2, -0.15) is 17.8 Å². The Morgan fingerprint density at radius 2 is 1.82 bits per heavy atom. The van der Waals surface area contributed by atoms with Gasteiger partial charge >= 0.3 is 11.4 Å². The van der Waals surface area contributed by atoms with E-state index in [2.05, 4.69) is 20.3 Å². The first-order valence-electron chi connectivity index (χ1n) is 11.3. The number of H-pyrrole nitrogens is 1. The molecular formula is C25H21FN6O7S. The number of hydrogen-bond donors (Lipinski definition) is 3. The van der Waals surface area contributed by atoms with Crippen LogP contribution in [-0.2, 0) is 10.1 Å². The van der Waals surface area contributed by atoms with Crippen molar-refractivity contribution in [1.29, 1.82) is 0 Å². The normalized spacial score (nSPS) is 11.0. The van der Waals surface area contributed by atoms with Crippen molar-refractivity contribution >= 4 is 38.5 Å². The van der Waals surface area contributed by atoms with Gasteiger partial charge in [-0.25, -0.2) is 14.3 Å². The zero-order chi connectivity index (χ0) is 29.0. The van der Waals surface area contributed by atoms with Crippen molar-refractivity contribution in [3.63, 3.8) is 0 Å². The summed E-state index contributed by atoms with van der Waals surface area (Å²) in [5, 5.41) is 13.8. The molecule has 206 valence electrons. The van der Waals surface area contributed by atoms with Crippen LogP contribution in [-0.4, -0.2) is 44.5 Å². The average molecular weight is 569 g/mol. The molecule has 0 amide bonds. The number of imidazole rings is 1. The first-order valence-corrected chi connectivity index (χ1v) is 12.8. The van der Waals surface area contributed by atoms with Gasteiger partial charge in [-0.1, -0.05) is 29.8 Å². The van der Waals surface area contributed by atoms with Gasteiger partial charge in [0, 0.05) is 24.4 Å². The van der Waals surface area contributed by atoms with E-state index in [1.165, 1.54) is 36.1 Å². The van der Waals surface area contributed by atoms with Crippen molar-refractivity contribution in [3.8, 4) is 11.6 Å². The molecule has 40 heavy (non-hydrogen) atoms. The van der Waals surface area contributed by atoms with E-state index in [0.29, 0.717) is 11.0 Å². The third-order valence-electron chi connectivity index (χ3n) is 5.49. The summed E-state index contributed by atoms with van der Waals surface area (Å²) >= 11 is 0. The Labute approximate surface area is 225 Å². The van der Waals surface area contributed by atoms with Gasteiger partial charge in [0.1, 0.15) is 11.6 Å². The van der Waals surface area contributed by atoms with Gasteiger partial charge in [0.25, 0.3) is 10.1 Å². The number of anilines is 2. The molecule has 5 aromatic rings. The molecule has 3 aromatic carbocycles. The molecule has 0 aliphatic rings. The molecule has 0 unspecified atom stereocenters. The van der Waals surface area contributed by atoms with Crippen molar-refractivity contribution in [1.82, 2.24) is 19.5 Å². The third-order valence-corrected chi connectivity index (χ3v) is 6.36. The van der Waals surface area contributed by atoms with Crippen LogP contribution in [0.1, 0.15) is 5.56 Å². The van der Waals surface area contributed by atoms with E-state index in [4.69, 9.17) is 9.29 Å². The lowest BCUT2D eigenvalue weighted by Gasteiger charge is -2.11. The van der Waals surface area contributed by atoms with Gasteiger partial charge in [-0.15, -0.1) is 0 Å². The number of nitro groups is 1. The average Bonchev–Trinajstić information content (AvgIpc) is 3.25. The predicted octanol–water partition coefficient (Wildman–Crippen LogP) is 4.15. The van der Waals surface area contributed by atoms with Gasteiger partial charge in [-0.05, 0) is 31.2 Å². The molecule has 0 atom stereocenters. The quantitative estimate of drug-likeness (QED) is 0.153. The summed E-state index contributed by atoms with van der Waals surface area (Å²) in [4.78, 5) is 33.6. The minimum absolute atomic E-state index is 0.0337. The molecule has 0 aliphatic carbocycles. The minimum Gasteiger partial charge on any atom is -0.494 e. The van der Waals surface area contributed by atoms with Crippen LogP contribution in [0.5, 0.6) is 5.75 Å². The first-order chi connectivity index (χ1) is 19.0. The number of hydrogen-bond acceptors (Lipinski definition) is 9. The van der Waals surface area contributed by atoms with Crippen molar-refractivity contribution in [2.75, 3.05) is 12.4 Å². The molecule has 0 saturated heterocycles. The fourth-order valence-electron chi connectivity index (χ4n) is 3.60. The smallest absolute Gasteiger partial charge is 0.332 e. The highest BCUT2D eigenvalue weighted by molar-refractivity contribution is 7.85. The Morgan fingerprint density at radius 3 is 2.48 bits per heavy atom. The Balaban J connectivity index is 0.000000283. The molecule has 15 heteroatoms. The minimum atomic E-state index is -4.02. The number of benzene rings is 3. The van der Waals surface area contributed by atoms with Crippen LogP contribution in [0.4, 0.5) is 21.7 Å². The van der Waals surface area contributed by atoms with E-state index in [-0.39, 0.29) is 33.8 Å². The molecule has 13 nitrogen and oxygen atoms in total. The van der Waals surface area contributed by atoms with Crippen LogP contribution in [0.2, 0.25) is 0 Å². The largest absolute Gasteiger partial charge is 0.494 e. The summed E-state index contributed by atoms with van der Waals surface area (Å²) in [6, 6.07) is 16.5. The van der Waals surface area contributed by atoms with E-state index in [1.54, 1.807) is 36.4 Å². The maximum atomic E-state index is 13.8. The van der Waals surface area contributed by atoms with E-state index in [0.717, 1.165) is 17.7 Å². The molecule has 0 spiro atoms. The number of nitrogens with zero attached hydrogens (tertiary/aromatic N) is 4. The van der Waals surface area contributed by atoms with Crippen LogP contribution in [0.25, 0.3) is 16.9 Å². The molecular weight excluding hydrogens is 547 g/mol. The number of rotatable bonds is 6. The lowest BCUT2D eigenvalue weighted by Crippen LogP contribution is -2.16. The van der Waals surface area contributed by atoms with Crippen LogP contribution in [0, 0.1) is 22.9 Å². The van der Waals surface area contributed by atoms with E-state index < -0.39 is 26.5 Å². The van der Waals surface area contributed by atoms with Gasteiger partial charge in [0.15, 0.2) is 0 Å². The number of fused-ring (bicyclic) bond motifs is 1. The predicted molar refractivity (Wildman–Crippen MR) is 143 cm³/mol. The Hall–Kier alpha value is -5.15. The molecule has 0 fully saturated rings. The summed E-state index contributed by atoms with van der Waals surface area (Å²) < 4.78 is 49.8. The van der Waals surface area contributed by atoms with Gasteiger partial charge in [-0.3, -0.25) is 14.7 Å². The number of methoxy groups -OCH3 is 1. The van der Waals surface area contributed by atoms with Crippen LogP contribution in [0.3, 0.4) is 0 Å². The molecule has 5 rings (SSSR count). The second kappa shape index (κ2) is 11.3. The highest BCUT2D eigenvalue weighted by Gasteiger charge is 2.20. The molecule has 0 bridgehead atoms. The Bertz CT molecular complexity index is 1870. The number of aryl methyl sites for hydroxylation is 1. The van der Waals surface area contributed by atoms with Gasteiger partial charge < -0.3 is 15.0 Å². The topological polar surface area (TPSA) is 182 Å². The van der Waals surface area contributed by atoms with Crippen molar-refractivity contribution < 1.29 is 27.0 Å². The van der Waals surface area contributed by atoms with Gasteiger partial charge in [0.2, 0.25) is 11.8 Å². The van der Waals surface area contributed by atoms with Crippen LogP contribution in [0.15, 0.2) is 82.6 Å². The molecule has 0 radical (unpaired) electrons. The number of halogens is 1. The van der Waals surface area contributed by atoms with Crippen LogP contribution < -0.4 is 15.7 Å². The molecule has 3 N–H and O–H groups in total. The fourth-order valence-corrected chi connectivity index (χ4v) is 4.08. The van der Waals surface area contributed by atoms with E-state index in [1.807, 2.05) is 6.92 Å². The maximum absolute atomic E-state index is 13.8. The molecule has 2 aromatic heterocycles. The van der Waals surface area contributed by atoms with Crippen molar-refractivity contribution in [2.45, 2.75) is 11.8 Å².